The molecule has 0 spiro atoms. The van der Waals surface area contributed by atoms with Gasteiger partial charge >= 0.3 is 0 Å². The van der Waals surface area contributed by atoms with Crippen molar-refractivity contribution in [3.8, 4) is 6.07 Å². The van der Waals surface area contributed by atoms with Gasteiger partial charge in [0.05, 0.1) is 23.6 Å². The molecule has 1 aliphatic rings. The minimum Gasteiger partial charge on any atom is -0.396 e. The fourth-order valence-electron chi connectivity index (χ4n) is 2.10. The molecule has 2 heterocycles. The molecule has 0 aliphatic carbocycles. The van der Waals surface area contributed by atoms with E-state index in [-0.39, 0.29) is 17.9 Å². The minimum absolute atomic E-state index is 0.0825. The van der Waals surface area contributed by atoms with Crippen molar-refractivity contribution in [3.05, 3.63) is 23.4 Å². The van der Waals surface area contributed by atoms with Crippen molar-refractivity contribution in [2.24, 2.45) is 0 Å². The number of nitrogens with zero attached hydrogens (tertiary/aromatic N) is 3. The van der Waals surface area contributed by atoms with Gasteiger partial charge in [-0.1, -0.05) is 0 Å². The van der Waals surface area contributed by atoms with Crippen LogP contribution in [0.5, 0.6) is 0 Å². The quantitative estimate of drug-likeness (QED) is 0.592. The first-order valence-corrected chi connectivity index (χ1v) is 10.2. The number of rotatable bonds is 7. The maximum absolute atomic E-state index is 12.1. The van der Waals surface area contributed by atoms with Gasteiger partial charge in [0.15, 0.2) is 0 Å². The number of pyridine rings is 1. The summed E-state index contributed by atoms with van der Waals surface area (Å²) in [7, 11) is 0. The van der Waals surface area contributed by atoms with Crippen molar-refractivity contribution < 1.29 is 9.90 Å². The van der Waals surface area contributed by atoms with Crippen LogP contribution in [0.25, 0.3) is 0 Å². The van der Waals surface area contributed by atoms with Crippen molar-refractivity contribution in [1.29, 1.82) is 5.26 Å². The third-order valence-electron chi connectivity index (χ3n) is 3.13. The fourth-order valence-corrected chi connectivity index (χ4v) is 4.46. The van der Waals surface area contributed by atoms with Crippen LogP contribution in [-0.4, -0.2) is 57.6 Å². The lowest BCUT2D eigenvalue weighted by atomic mass is 10.2. The van der Waals surface area contributed by atoms with Gasteiger partial charge in [-0.3, -0.25) is 4.79 Å². The van der Waals surface area contributed by atoms with Crippen LogP contribution in [0.2, 0.25) is 0 Å². The van der Waals surface area contributed by atoms with E-state index in [1.807, 2.05) is 17.2 Å². The highest BCUT2D eigenvalue weighted by molar-refractivity contribution is 8.00. The number of hydrogen-bond acceptors (Lipinski definition) is 7. The molecule has 1 N–H and O–H groups in total. The summed E-state index contributed by atoms with van der Waals surface area (Å²) in [5.41, 5.74) is 1.39. The normalized spacial score (nSPS) is 17.8. The second-order valence-corrected chi connectivity index (χ2v) is 7.58. The first kappa shape index (κ1) is 17.5. The van der Waals surface area contributed by atoms with E-state index in [0.717, 1.165) is 11.4 Å². The van der Waals surface area contributed by atoms with E-state index < -0.39 is 0 Å². The molecule has 2 rings (SSSR count). The topological polar surface area (TPSA) is 77.2 Å². The molecule has 1 aliphatic heterocycles. The summed E-state index contributed by atoms with van der Waals surface area (Å²) >= 11 is 4.64. The van der Waals surface area contributed by atoms with Gasteiger partial charge in [0.2, 0.25) is 5.91 Å². The highest BCUT2D eigenvalue weighted by Gasteiger charge is 2.33. The van der Waals surface area contributed by atoms with Gasteiger partial charge < -0.3 is 10.0 Å². The Balaban J connectivity index is 2.12. The van der Waals surface area contributed by atoms with Crippen LogP contribution in [0.15, 0.2) is 17.2 Å². The van der Waals surface area contributed by atoms with Gasteiger partial charge in [-0.05, 0) is 18.4 Å². The van der Waals surface area contributed by atoms with Crippen molar-refractivity contribution in [3.63, 3.8) is 0 Å². The molecule has 1 atom stereocenters. The van der Waals surface area contributed by atoms with Crippen molar-refractivity contribution in [1.82, 2.24) is 9.88 Å². The molecule has 22 heavy (non-hydrogen) atoms. The molecule has 118 valence electrons. The summed E-state index contributed by atoms with van der Waals surface area (Å²) in [5, 5.41) is 18.5. The molecule has 1 saturated heterocycles. The van der Waals surface area contributed by atoms with Gasteiger partial charge in [0, 0.05) is 18.1 Å². The van der Waals surface area contributed by atoms with Crippen LogP contribution in [0, 0.1) is 11.3 Å². The van der Waals surface area contributed by atoms with E-state index in [9.17, 15) is 4.79 Å². The molecule has 1 aromatic rings. The van der Waals surface area contributed by atoms with Gasteiger partial charge in [-0.25, -0.2) is 4.98 Å². The molecule has 0 saturated carbocycles. The highest BCUT2D eigenvalue weighted by Crippen LogP contribution is 2.38. The van der Waals surface area contributed by atoms with Crippen LogP contribution in [0.4, 0.5) is 0 Å². The zero-order valence-corrected chi connectivity index (χ0v) is 14.6. The molecule has 0 bridgehead atoms. The van der Waals surface area contributed by atoms with Crippen LogP contribution in [0.3, 0.4) is 0 Å². The number of hydrogen-bond donors (Lipinski definition) is 1. The van der Waals surface area contributed by atoms with E-state index in [0.29, 0.717) is 28.6 Å². The molecule has 5 nitrogen and oxygen atoms in total. The van der Waals surface area contributed by atoms with Crippen molar-refractivity contribution in [2.45, 2.75) is 10.4 Å². The Labute approximate surface area is 142 Å². The predicted octanol–water partition coefficient (Wildman–Crippen LogP) is 1.97. The van der Waals surface area contributed by atoms with E-state index in [2.05, 4.69) is 11.1 Å². The largest absolute Gasteiger partial charge is 0.396 e. The SMILES string of the molecule is CSc1nc(C2SCC(=O)N2CCSCCO)ccc1C#N. The standard InChI is InChI=1S/C14H17N3O2S3/c1-20-13-10(8-15)2-3-11(16-13)14-17(12(19)9-22-14)4-6-21-7-5-18/h2-3,14,18H,4-7,9H2,1H3. The zero-order valence-electron chi connectivity index (χ0n) is 12.2. The minimum atomic E-state index is -0.0825. The lowest BCUT2D eigenvalue weighted by Crippen LogP contribution is -2.31. The number of aliphatic hydroxyl groups excluding tert-OH is 1. The monoisotopic (exact) mass is 355 g/mol. The molecule has 1 unspecified atom stereocenters. The molecular formula is C14H17N3O2S3. The summed E-state index contributed by atoms with van der Waals surface area (Å²) in [4.78, 5) is 18.5. The summed E-state index contributed by atoms with van der Waals surface area (Å²) in [6.07, 6.45) is 1.89. The molecular weight excluding hydrogens is 338 g/mol. The zero-order chi connectivity index (χ0) is 15.9. The summed E-state index contributed by atoms with van der Waals surface area (Å²) in [5.74, 6) is 2.07. The molecule has 0 aromatic carbocycles. The number of aromatic nitrogens is 1. The van der Waals surface area contributed by atoms with E-state index in [4.69, 9.17) is 10.4 Å². The second-order valence-electron chi connectivity index (χ2n) is 4.49. The van der Waals surface area contributed by atoms with Crippen molar-refractivity contribution in [2.75, 3.05) is 36.7 Å². The molecule has 1 amide bonds. The highest BCUT2D eigenvalue weighted by atomic mass is 32.2. The number of nitriles is 1. The first-order valence-electron chi connectivity index (χ1n) is 6.76. The lowest BCUT2D eigenvalue weighted by Gasteiger charge is -2.23. The Morgan fingerprint density at radius 1 is 1.55 bits per heavy atom. The van der Waals surface area contributed by atoms with Crippen molar-refractivity contribution >= 4 is 41.2 Å². The number of aliphatic hydroxyl groups is 1. The fraction of sp³-hybridized carbons (Fsp3) is 0.500. The Morgan fingerprint density at radius 3 is 3.05 bits per heavy atom. The summed E-state index contributed by atoms with van der Waals surface area (Å²) in [6.45, 7) is 0.808. The summed E-state index contributed by atoms with van der Waals surface area (Å²) < 4.78 is 0. The average Bonchev–Trinajstić information content (AvgIpc) is 2.92. The Kier molecular flexibility index (Phi) is 6.89. The third-order valence-corrected chi connectivity index (χ3v) is 5.99. The number of carbonyl (C=O) groups is 1. The van der Waals surface area contributed by atoms with E-state index in [1.165, 1.54) is 11.8 Å². The molecule has 8 heteroatoms. The maximum Gasteiger partial charge on any atom is 0.233 e. The van der Waals surface area contributed by atoms with Gasteiger partial charge in [0.25, 0.3) is 0 Å². The number of thioether (sulfide) groups is 3. The van der Waals surface area contributed by atoms with Gasteiger partial charge in [-0.15, -0.1) is 23.5 Å². The molecule has 1 aromatic heterocycles. The maximum atomic E-state index is 12.1. The van der Waals surface area contributed by atoms with Gasteiger partial charge in [-0.2, -0.15) is 17.0 Å². The van der Waals surface area contributed by atoms with Crippen LogP contribution < -0.4 is 0 Å². The first-order chi connectivity index (χ1) is 10.7. The lowest BCUT2D eigenvalue weighted by molar-refractivity contribution is -0.127. The predicted molar refractivity (Wildman–Crippen MR) is 92.1 cm³/mol. The number of amides is 1. The van der Waals surface area contributed by atoms with Crippen LogP contribution >= 0.6 is 35.3 Å². The second kappa shape index (κ2) is 8.67. The average molecular weight is 356 g/mol. The van der Waals surface area contributed by atoms with E-state index >= 15 is 0 Å². The third kappa shape index (κ3) is 4.10. The van der Waals surface area contributed by atoms with Gasteiger partial charge in [0.1, 0.15) is 16.5 Å². The Hall–Kier alpha value is -0.880. The molecule has 0 radical (unpaired) electrons. The summed E-state index contributed by atoms with van der Waals surface area (Å²) in [6, 6.07) is 5.74. The Bertz CT molecular complexity index is 577. The smallest absolute Gasteiger partial charge is 0.233 e. The van der Waals surface area contributed by atoms with Crippen LogP contribution in [0.1, 0.15) is 16.6 Å². The number of carbonyl (C=O) groups excluding carboxylic acids is 1. The van der Waals surface area contributed by atoms with E-state index in [1.54, 1.807) is 29.6 Å². The molecule has 1 fully saturated rings. The van der Waals surface area contributed by atoms with Crippen LogP contribution in [-0.2, 0) is 4.79 Å². The Morgan fingerprint density at radius 2 is 2.36 bits per heavy atom.